The molecule has 123 heavy (non-hydrogen) atoms. The zero-order chi connectivity index (χ0) is 98.2. The Kier molecular flexibility index (Phi) is 43.1. The quantitative estimate of drug-likeness (QED) is 0.0235. The lowest BCUT2D eigenvalue weighted by Gasteiger charge is -2.46. The number of hydrogen-bond donors (Lipinski definition) is 48. The highest BCUT2D eigenvalue weighted by Gasteiger charge is 2.66. The first-order valence-electron chi connectivity index (χ1n) is 29.2. The number of aliphatic hydroxyl groups excluding tert-OH is 25. The Morgan fingerprint density at radius 2 is 0.268 bits per heavy atom. The fraction of sp³-hybridized carbons (Fsp3) is 1.00. The van der Waals surface area contributed by atoms with Gasteiger partial charge in [0.15, 0.2) is 0 Å². The van der Waals surface area contributed by atoms with Crippen LogP contribution in [0.15, 0.2) is 0 Å². The van der Waals surface area contributed by atoms with E-state index in [0.717, 1.165) is 0 Å². The first kappa shape index (κ1) is 122. The molecule has 738 valence electrons. The molecule has 36 atom stereocenters. The molecule has 5 aliphatic carbocycles. The summed E-state index contributed by atoms with van der Waals surface area (Å²) in [6, 6.07) is 0. The van der Waals surface area contributed by atoms with Crippen molar-refractivity contribution in [2.24, 2.45) is 0 Å². The van der Waals surface area contributed by atoms with Crippen molar-refractivity contribution in [3.05, 3.63) is 0 Å². The van der Waals surface area contributed by atoms with E-state index in [1.54, 1.807) is 0 Å². The van der Waals surface area contributed by atoms with Crippen molar-refractivity contribution in [2.75, 3.05) is 0 Å². The summed E-state index contributed by atoms with van der Waals surface area (Å²) in [5, 5.41) is 266. The molecule has 0 aromatic rings. The Hall–Kier alpha value is 0.930. The van der Waals surface area contributed by atoms with Crippen molar-refractivity contribution in [3.63, 3.8) is 0 Å². The fourth-order valence-corrected chi connectivity index (χ4v) is 25.1. The molecule has 0 aromatic carbocycles. The highest BCUT2D eigenvalue weighted by molar-refractivity contribution is 7.69. The molecule has 0 bridgehead atoms. The van der Waals surface area contributed by atoms with Gasteiger partial charge in [0.2, 0.25) is 17.4 Å². The topological polar surface area (TPSA) is 1370 Å². The molecular formula is C30H75O78P15. The molecule has 78 nitrogen and oxygen atoms in total. The largest absolute Gasteiger partial charge is 0.490 e. The highest BCUT2D eigenvalue weighted by atomic mass is 31.3. The lowest BCUT2D eigenvalue weighted by molar-refractivity contribution is -0.336. The molecule has 0 aromatic heterocycles. The summed E-state index contributed by atoms with van der Waals surface area (Å²) in [5.41, 5.74) is 0. The van der Waals surface area contributed by atoms with E-state index >= 15 is 0 Å². The van der Waals surface area contributed by atoms with Crippen LogP contribution in [0.5, 0.6) is 0 Å². The predicted molar refractivity (Wildman–Crippen MR) is 347 cm³/mol. The molecule has 0 saturated heterocycles. The van der Waals surface area contributed by atoms with E-state index in [9.17, 15) is 236 Å². The maximum Gasteiger partial charge on any atom is 0.490 e. The van der Waals surface area contributed by atoms with Crippen molar-refractivity contribution < 1.29 is 375 Å². The van der Waals surface area contributed by atoms with E-state index in [1.807, 2.05) is 0 Å². The smallest absolute Gasteiger partial charge is 0.387 e. The molecule has 0 radical (unpaired) electrons. The minimum atomic E-state index is -6.04. The fourth-order valence-electron chi connectivity index (χ4n) is 9.04. The Morgan fingerprint density at radius 3 is 0.398 bits per heavy atom. The molecule has 5 saturated carbocycles. The predicted octanol–water partition coefficient (Wildman–Crippen LogP) is -19.5. The third-order valence-electron chi connectivity index (χ3n) is 14.1. The van der Waals surface area contributed by atoms with Crippen LogP contribution in [-0.4, -0.2) is 423 Å². The van der Waals surface area contributed by atoms with Crippen LogP contribution in [0, 0.1) is 0 Å². The maximum atomic E-state index is 11.6. The zero-order valence-corrected chi connectivity index (χ0v) is 70.9. The summed E-state index contributed by atoms with van der Waals surface area (Å²) in [6.45, 7) is 0. The first-order chi connectivity index (χ1) is 53.9. The van der Waals surface area contributed by atoms with E-state index in [4.69, 9.17) is 73.4 Å². The van der Waals surface area contributed by atoms with Crippen LogP contribution in [0.25, 0.3) is 0 Å². The normalized spacial score (nSPS) is 41.0. The van der Waals surface area contributed by atoms with Gasteiger partial charge in [0.1, 0.15) is 165 Å². The van der Waals surface area contributed by atoms with Gasteiger partial charge in [-0.3, -0.25) is 9.05 Å². The van der Waals surface area contributed by atoms with E-state index in [2.05, 4.69) is 65.7 Å². The summed E-state index contributed by atoms with van der Waals surface area (Å²) in [6.07, 6.45) is -63.9. The van der Waals surface area contributed by atoms with E-state index < -0.39 is 300 Å². The third-order valence-corrected chi connectivity index (χ3v) is 33.3. The van der Waals surface area contributed by atoms with Gasteiger partial charge in [-0.1, -0.05) is 0 Å². The standard InChI is InChI=1S/3C6H15O16P3.2C6H15O15P3/c3*7-1-2(8)4(10)6(12,5(11)3(1)9)20-24(16,17)22-25(18,19)21-23(13,14)15;2*7-1-2(8)4(10)6(5(11)3(1)9)19-23(15,16)21-24(17,18)20-22(12,13)14/h3*1-5,7-12H,(H,16,17)(H,18,19)(H2,13,14,15);2*1-11H,(H,15,16)(H,17,18)(H2,12,13,14)/t3*1?,2-,3+,4-,5-,6?;;/m000../s1. The Balaban J connectivity index is 0.000000769. The van der Waals surface area contributed by atoms with Gasteiger partial charge in [0.05, 0.1) is 0 Å². The Bertz CT molecular complexity index is 3840. The van der Waals surface area contributed by atoms with Crippen LogP contribution in [0.4, 0.5) is 0 Å². The first-order valence-corrected chi connectivity index (χ1v) is 51.9. The summed E-state index contributed by atoms with van der Waals surface area (Å²) in [5.74, 6) is -11.2. The van der Waals surface area contributed by atoms with Crippen LogP contribution in [-0.2, 0) is 134 Å². The lowest BCUT2D eigenvalue weighted by atomic mass is 9.82. The van der Waals surface area contributed by atoms with Crippen molar-refractivity contribution in [3.8, 4) is 0 Å². The Labute approximate surface area is 672 Å². The SMILES string of the molecule is O=P(O)(O)OP(=O)(O)OP(=O)(O)OC1(O)[C@@H](O)[C@H](O)C(O)[C@H](O)[C@@H]1O.O=P(O)(O)OP(=O)(O)OP(=O)(O)OC1(O)[C@@H](O)[C@H](O)C(O)[C@H](O)[C@@H]1O.O=P(O)(O)OP(=O)(O)OP(=O)(O)OC1(O)[C@@H](O)[C@H](O)C(O)[C@H](O)[C@@H]1O.O=P(O)(O)OP(=O)(O)OP(=O)(O)OC1C(O)C(O)C(O)C(O)C1O.O=P(O)(O)OP(=O)(O)OP(=O)(O)OC1C(O)C(O)C(O)C(O)C1O. The minimum Gasteiger partial charge on any atom is -0.387 e. The van der Waals surface area contributed by atoms with E-state index in [0.29, 0.717) is 0 Å². The second-order valence-corrected chi connectivity index (χ2v) is 45.4. The monoisotopic (exact) mass is 2150 g/mol. The van der Waals surface area contributed by atoms with Crippen LogP contribution in [0.1, 0.15) is 0 Å². The summed E-state index contributed by atoms with van der Waals surface area (Å²) < 4.78 is 219. The molecule has 0 amide bonds. The van der Waals surface area contributed by atoms with Crippen LogP contribution < -0.4 is 0 Å². The van der Waals surface area contributed by atoms with Crippen LogP contribution >= 0.6 is 117 Å². The van der Waals surface area contributed by atoms with Crippen LogP contribution in [0.3, 0.4) is 0 Å². The van der Waals surface area contributed by atoms with E-state index in [-0.39, 0.29) is 0 Å². The van der Waals surface area contributed by atoms with Gasteiger partial charge >= 0.3 is 117 Å². The van der Waals surface area contributed by atoms with Gasteiger partial charge in [0.25, 0.3) is 0 Å². The van der Waals surface area contributed by atoms with Gasteiger partial charge in [0, 0.05) is 0 Å². The van der Waals surface area contributed by atoms with Crippen molar-refractivity contribution in [1.82, 2.24) is 0 Å². The molecule has 5 rings (SSSR count). The van der Waals surface area contributed by atoms with Gasteiger partial charge < -0.3 is 241 Å². The number of hydrogen-bond acceptors (Lipinski definition) is 58. The van der Waals surface area contributed by atoms with Gasteiger partial charge in [-0.15, -0.1) is 0 Å². The molecule has 0 aliphatic heterocycles. The lowest BCUT2D eigenvalue weighted by Crippen LogP contribution is -2.71. The number of aliphatic hydroxyl groups is 28. The number of rotatable bonds is 30. The van der Waals surface area contributed by atoms with Gasteiger partial charge in [-0.2, -0.15) is 43.1 Å². The highest BCUT2D eigenvalue weighted by Crippen LogP contribution is 2.72. The zero-order valence-electron chi connectivity index (χ0n) is 57.5. The van der Waals surface area contributed by atoms with Crippen molar-refractivity contribution >= 4 is 117 Å². The molecule has 48 N–H and O–H groups in total. The van der Waals surface area contributed by atoms with E-state index in [1.165, 1.54) is 0 Å². The molecular weight excluding hydrogens is 2070 g/mol. The average Bonchev–Trinajstić information content (AvgIpc) is 0.755. The van der Waals surface area contributed by atoms with Gasteiger partial charge in [-0.05, 0) is 0 Å². The minimum absolute atomic E-state index is 2.05. The molecule has 0 spiro atoms. The second-order valence-electron chi connectivity index (χ2n) is 23.6. The van der Waals surface area contributed by atoms with Crippen LogP contribution in [0.2, 0.25) is 0 Å². The number of phosphoric acid groups is 15. The molecule has 24 unspecified atom stereocenters. The summed E-state index contributed by atoms with van der Waals surface area (Å²) >= 11 is 0. The number of phosphoric ester groups is 5. The maximum absolute atomic E-state index is 11.6. The Morgan fingerprint density at radius 1 is 0.154 bits per heavy atom. The molecule has 0 heterocycles. The molecule has 93 heteroatoms. The average molecular weight is 2150 g/mol. The summed E-state index contributed by atoms with van der Waals surface area (Å²) in [7, 11) is -87.4. The summed E-state index contributed by atoms with van der Waals surface area (Å²) in [4.78, 5) is 175. The molecule has 5 aliphatic rings. The molecule has 5 fully saturated rings. The third kappa shape index (κ3) is 36.8. The van der Waals surface area contributed by atoms with Crippen molar-refractivity contribution in [2.45, 2.75) is 182 Å². The van der Waals surface area contributed by atoms with Crippen molar-refractivity contribution in [1.29, 1.82) is 0 Å². The second kappa shape index (κ2) is 43.5. The van der Waals surface area contributed by atoms with Gasteiger partial charge in [-0.25, -0.2) is 82.0 Å².